The average Bonchev–Trinajstić information content (AvgIpc) is 3.28. The van der Waals surface area contributed by atoms with Crippen molar-refractivity contribution >= 4 is 32.6 Å². The van der Waals surface area contributed by atoms with Gasteiger partial charge in [0.1, 0.15) is 11.5 Å². The normalized spacial score (nSPS) is 14.4. The second kappa shape index (κ2) is 9.40. The molecule has 1 saturated heterocycles. The fourth-order valence-corrected chi connectivity index (χ4v) is 4.98. The van der Waals surface area contributed by atoms with Crippen LogP contribution in [-0.4, -0.2) is 30.5 Å². The third-order valence-corrected chi connectivity index (χ3v) is 6.91. The number of benzene rings is 3. The molecule has 1 aliphatic heterocycles. The Morgan fingerprint density at radius 3 is 2.38 bits per heavy atom. The number of para-hydroxylation sites is 2. The molecule has 32 heavy (non-hydrogen) atoms. The Balaban J connectivity index is 1.10. The summed E-state index contributed by atoms with van der Waals surface area (Å²) in [6, 6.07) is 25.2. The van der Waals surface area contributed by atoms with E-state index in [1.54, 1.807) is 11.3 Å². The molecule has 3 aromatic carbocycles. The van der Waals surface area contributed by atoms with Crippen molar-refractivity contribution in [2.24, 2.45) is 5.92 Å². The third-order valence-electron chi connectivity index (χ3n) is 5.81. The predicted octanol–water partition coefficient (Wildman–Crippen LogP) is 5.74. The molecule has 1 N–H and O–H groups in total. The molecular weight excluding hydrogens is 418 g/mol. The van der Waals surface area contributed by atoms with Crippen molar-refractivity contribution in [1.29, 1.82) is 0 Å². The van der Waals surface area contributed by atoms with Crippen LogP contribution in [-0.2, 0) is 0 Å². The number of nitrogens with zero attached hydrogens (tertiary/aromatic N) is 2. The van der Waals surface area contributed by atoms with Crippen molar-refractivity contribution in [2.45, 2.75) is 12.8 Å². The number of rotatable bonds is 6. The van der Waals surface area contributed by atoms with Crippen LogP contribution in [0.25, 0.3) is 10.2 Å². The highest BCUT2D eigenvalue weighted by molar-refractivity contribution is 7.22. The minimum absolute atomic E-state index is 0.0372. The fourth-order valence-electron chi connectivity index (χ4n) is 3.96. The summed E-state index contributed by atoms with van der Waals surface area (Å²) < 4.78 is 7.03. The number of thiazole rings is 1. The van der Waals surface area contributed by atoms with Crippen LogP contribution in [0, 0.1) is 5.92 Å². The lowest BCUT2D eigenvalue weighted by atomic mass is 9.97. The Kier molecular flexibility index (Phi) is 6.03. The zero-order valence-electron chi connectivity index (χ0n) is 17.7. The first kappa shape index (κ1) is 20.5. The van der Waals surface area contributed by atoms with Gasteiger partial charge in [-0.2, -0.15) is 0 Å². The first-order chi connectivity index (χ1) is 15.7. The molecule has 0 radical (unpaired) electrons. The van der Waals surface area contributed by atoms with Gasteiger partial charge >= 0.3 is 0 Å². The van der Waals surface area contributed by atoms with Gasteiger partial charge in [0.15, 0.2) is 5.13 Å². The molecule has 1 amide bonds. The maximum atomic E-state index is 12.6. The lowest BCUT2D eigenvalue weighted by molar-refractivity contribution is 0.0945. The maximum Gasteiger partial charge on any atom is 0.251 e. The quantitative estimate of drug-likeness (QED) is 0.413. The zero-order chi connectivity index (χ0) is 21.8. The van der Waals surface area contributed by atoms with Crippen molar-refractivity contribution in [3.63, 3.8) is 0 Å². The number of hydrogen-bond acceptors (Lipinski definition) is 5. The number of nitrogens with one attached hydrogen (secondary N) is 1. The molecular formula is C26H25N3O2S. The Morgan fingerprint density at radius 1 is 0.938 bits per heavy atom. The highest BCUT2D eigenvalue weighted by Crippen LogP contribution is 2.31. The first-order valence-electron chi connectivity index (χ1n) is 11.0. The number of carbonyl (C=O) groups excluding carboxylic acids is 1. The molecule has 0 atom stereocenters. The van der Waals surface area contributed by atoms with Gasteiger partial charge in [-0.3, -0.25) is 4.79 Å². The molecule has 162 valence electrons. The Hall–Kier alpha value is -3.38. The van der Waals surface area contributed by atoms with Crippen LogP contribution in [0.3, 0.4) is 0 Å². The lowest BCUT2D eigenvalue weighted by Gasteiger charge is -2.31. The standard InChI is InChI=1S/C26H25N3O2S/c30-25(20-10-12-22(13-11-20)31-21-6-2-1-3-7-21)27-18-19-14-16-29(17-15-19)26-28-23-8-4-5-9-24(23)32-26/h1-13,19H,14-18H2,(H,27,30). The molecule has 1 aromatic heterocycles. The zero-order valence-corrected chi connectivity index (χ0v) is 18.6. The summed E-state index contributed by atoms with van der Waals surface area (Å²) >= 11 is 1.76. The minimum Gasteiger partial charge on any atom is -0.457 e. The number of aromatic nitrogens is 1. The van der Waals surface area contributed by atoms with Gasteiger partial charge in [-0.15, -0.1) is 0 Å². The summed E-state index contributed by atoms with van der Waals surface area (Å²) in [7, 11) is 0. The van der Waals surface area contributed by atoms with E-state index >= 15 is 0 Å². The van der Waals surface area contributed by atoms with Crippen LogP contribution >= 0.6 is 11.3 Å². The van der Waals surface area contributed by atoms with Crippen LogP contribution in [0.2, 0.25) is 0 Å². The number of ether oxygens (including phenoxy) is 1. The van der Waals surface area contributed by atoms with Gasteiger partial charge in [0, 0.05) is 25.2 Å². The molecule has 0 spiro atoms. The average molecular weight is 444 g/mol. The van der Waals surface area contributed by atoms with Gasteiger partial charge in [-0.25, -0.2) is 4.98 Å². The van der Waals surface area contributed by atoms with Crippen molar-refractivity contribution in [1.82, 2.24) is 10.3 Å². The molecule has 6 heteroatoms. The van der Waals surface area contributed by atoms with Crippen molar-refractivity contribution < 1.29 is 9.53 Å². The fraction of sp³-hybridized carbons (Fsp3) is 0.231. The molecule has 1 aliphatic rings. The van der Waals surface area contributed by atoms with E-state index in [0.29, 0.717) is 18.0 Å². The summed E-state index contributed by atoms with van der Waals surface area (Å²) in [5.74, 6) is 1.95. The van der Waals surface area contributed by atoms with Crippen LogP contribution in [0.5, 0.6) is 11.5 Å². The molecule has 5 nitrogen and oxygen atoms in total. The number of fused-ring (bicyclic) bond motifs is 1. The number of carbonyl (C=O) groups is 1. The number of amides is 1. The summed E-state index contributed by atoms with van der Waals surface area (Å²) in [5, 5.41) is 4.21. The van der Waals surface area contributed by atoms with E-state index in [-0.39, 0.29) is 5.91 Å². The highest BCUT2D eigenvalue weighted by Gasteiger charge is 2.22. The topological polar surface area (TPSA) is 54.5 Å². The number of piperidine rings is 1. The molecule has 0 saturated carbocycles. The van der Waals surface area contributed by atoms with E-state index in [1.165, 1.54) is 4.70 Å². The van der Waals surface area contributed by atoms with Crippen molar-refractivity contribution in [3.8, 4) is 11.5 Å². The third kappa shape index (κ3) is 4.75. The summed E-state index contributed by atoms with van der Waals surface area (Å²) in [6.45, 7) is 2.66. The van der Waals surface area contributed by atoms with Gasteiger partial charge in [0.05, 0.1) is 10.2 Å². The molecule has 0 unspecified atom stereocenters. The van der Waals surface area contributed by atoms with Gasteiger partial charge in [-0.1, -0.05) is 41.7 Å². The molecule has 0 aliphatic carbocycles. The van der Waals surface area contributed by atoms with E-state index in [0.717, 1.165) is 48.1 Å². The Morgan fingerprint density at radius 2 is 1.62 bits per heavy atom. The SMILES string of the molecule is O=C(NCC1CCN(c2nc3ccccc3s2)CC1)c1ccc(Oc2ccccc2)cc1. The van der Waals surface area contributed by atoms with Gasteiger partial charge in [0.2, 0.25) is 0 Å². The van der Waals surface area contributed by atoms with Crippen LogP contribution in [0.4, 0.5) is 5.13 Å². The van der Waals surface area contributed by atoms with Crippen LogP contribution in [0.15, 0.2) is 78.9 Å². The van der Waals surface area contributed by atoms with Gasteiger partial charge in [0.25, 0.3) is 5.91 Å². The summed E-state index contributed by atoms with van der Waals surface area (Å²) in [5.41, 5.74) is 1.72. The first-order valence-corrected chi connectivity index (χ1v) is 11.8. The Bertz CT molecular complexity index is 1150. The number of anilines is 1. The number of hydrogen-bond donors (Lipinski definition) is 1. The van der Waals surface area contributed by atoms with Gasteiger partial charge in [-0.05, 0) is 67.3 Å². The smallest absolute Gasteiger partial charge is 0.251 e. The molecule has 5 rings (SSSR count). The molecule has 4 aromatic rings. The second-order valence-electron chi connectivity index (χ2n) is 8.04. The monoisotopic (exact) mass is 443 g/mol. The summed E-state index contributed by atoms with van der Waals surface area (Å²) in [4.78, 5) is 19.7. The van der Waals surface area contributed by atoms with Crippen LogP contribution < -0.4 is 15.0 Å². The maximum absolute atomic E-state index is 12.6. The Labute approximate surface area is 191 Å². The summed E-state index contributed by atoms with van der Waals surface area (Å²) in [6.07, 6.45) is 2.11. The van der Waals surface area contributed by atoms with Gasteiger partial charge < -0.3 is 15.0 Å². The van der Waals surface area contributed by atoms with E-state index in [4.69, 9.17) is 9.72 Å². The van der Waals surface area contributed by atoms with Crippen molar-refractivity contribution in [2.75, 3.05) is 24.5 Å². The van der Waals surface area contributed by atoms with E-state index in [2.05, 4.69) is 28.4 Å². The molecule has 0 bridgehead atoms. The van der Waals surface area contributed by atoms with E-state index in [1.807, 2.05) is 60.7 Å². The molecule has 2 heterocycles. The van der Waals surface area contributed by atoms with E-state index < -0.39 is 0 Å². The lowest BCUT2D eigenvalue weighted by Crippen LogP contribution is -2.38. The largest absolute Gasteiger partial charge is 0.457 e. The van der Waals surface area contributed by atoms with E-state index in [9.17, 15) is 4.79 Å². The van der Waals surface area contributed by atoms with Crippen molar-refractivity contribution in [3.05, 3.63) is 84.4 Å². The van der Waals surface area contributed by atoms with Crippen LogP contribution in [0.1, 0.15) is 23.2 Å². The highest BCUT2D eigenvalue weighted by atomic mass is 32.1. The molecule has 1 fully saturated rings. The second-order valence-corrected chi connectivity index (χ2v) is 9.05. The predicted molar refractivity (Wildman–Crippen MR) is 130 cm³/mol. The minimum atomic E-state index is -0.0372.